The molecule has 0 fully saturated rings. The Morgan fingerprint density at radius 1 is 0.568 bits per heavy atom. The molecule has 0 N–H and O–H groups in total. The van der Waals surface area contributed by atoms with E-state index >= 15 is 0 Å². The molecule has 0 spiro atoms. The summed E-state index contributed by atoms with van der Waals surface area (Å²) in [5, 5.41) is 16.9. The first-order valence-corrected chi connectivity index (χ1v) is 11.4. The zero-order valence-electron chi connectivity index (χ0n) is 20.1. The average Bonchev–Trinajstić information content (AvgIpc) is 3.46. The van der Waals surface area contributed by atoms with Crippen molar-refractivity contribution in [1.82, 2.24) is 9.97 Å². The van der Waals surface area contributed by atoms with E-state index in [-0.39, 0.29) is 0 Å². The molecule has 0 saturated heterocycles. The largest absolute Gasteiger partial charge is 0.494 e. The van der Waals surface area contributed by atoms with Crippen LogP contribution in [0.1, 0.15) is 0 Å². The van der Waals surface area contributed by atoms with E-state index in [9.17, 15) is 0 Å². The Kier molecular flexibility index (Phi) is 7.03. The van der Waals surface area contributed by atoms with E-state index in [1.807, 2.05) is 72.8 Å². The third-order valence-electron chi connectivity index (χ3n) is 5.35. The molecule has 0 aliphatic heterocycles. The first kappa shape index (κ1) is 23.6. The Balaban J connectivity index is 1.37. The Bertz CT molecular complexity index is 1430. The van der Waals surface area contributed by atoms with Crippen LogP contribution in [0.3, 0.4) is 0 Å². The summed E-state index contributed by atoms with van der Waals surface area (Å²) in [6, 6.07) is 25.9. The average molecular weight is 491 g/mol. The van der Waals surface area contributed by atoms with Gasteiger partial charge in [-0.2, -0.15) is 0 Å². The van der Waals surface area contributed by atoms with Crippen LogP contribution in [0.15, 0.2) is 122 Å². The maximum absolute atomic E-state index is 6.15. The van der Waals surface area contributed by atoms with Gasteiger partial charge in [-0.3, -0.25) is 0 Å². The molecule has 37 heavy (non-hydrogen) atoms. The van der Waals surface area contributed by atoms with Gasteiger partial charge in [0.05, 0.1) is 14.2 Å². The molecule has 0 amide bonds. The zero-order chi connectivity index (χ0) is 25.5. The second kappa shape index (κ2) is 11.0. The van der Waals surface area contributed by atoms with Gasteiger partial charge >= 0.3 is 0 Å². The number of methoxy groups -OCH3 is 2. The summed E-state index contributed by atoms with van der Waals surface area (Å²) in [6.07, 6.45) is 3.33. The Morgan fingerprint density at radius 2 is 1.05 bits per heavy atom. The van der Waals surface area contributed by atoms with Crippen molar-refractivity contribution < 1.29 is 13.9 Å². The molecule has 3 aromatic heterocycles. The van der Waals surface area contributed by atoms with Crippen LogP contribution in [0, 0.1) is 0 Å². The van der Waals surface area contributed by atoms with Crippen molar-refractivity contribution >= 4 is 23.0 Å². The third-order valence-corrected chi connectivity index (χ3v) is 5.35. The molecule has 0 aliphatic carbocycles. The molecule has 0 unspecified atom stereocenters. The van der Waals surface area contributed by atoms with Gasteiger partial charge in [0.25, 0.3) is 0 Å². The van der Waals surface area contributed by atoms with Crippen LogP contribution >= 0.6 is 0 Å². The minimum atomic E-state index is 0.518. The van der Waals surface area contributed by atoms with Crippen LogP contribution in [0.4, 0.5) is 23.0 Å². The minimum absolute atomic E-state index is 0.518. The Morgan fingerprint density at radius 3 is 1.46 bits per heavy atom. The molecule has 2 aromatic carbocycles. The lowest BCUT2D eigenvalue weighted by Gasteiger charge is -2.07. The molecule has 0 bridgehead atoms. The maximum Gasteiger partial charge on any atom is 0.174 e. The second-order valence-electron chi connectivity index (χ2n) is 7.71. The summed E-state index contributed by atoms with van der Waals surface area (Å²) < 4.78 is 17.2. The smallest absolute Gasteiger partial charge is 0.174 e. The fourth-order valence-corrected chi connectivity index (χ4v) is 3.51. The zero-order valence-corrected chi connectivity index (χ0v) is 20.1. The molecule has 5 aromatic rings. The number of hydrogen-bond donors (Lipinski definition) is 0. The number of furan rings is 1. The van der Waals surface area contributed by atoms with E-state index in [0.29, 0.717) is 46.0 Å². The van der Waals surface area contributed by atoms with Gasteiger partial charge in [0, 0.05) is 23.5 Å². The molecule has 9 heteroatoms. The van der Waals surface area contributed by atoms with Crippen molar-refractivity contribution in [2.24, 2.45) is 20.5 Å². The van der Waals surface area contributed by atoms with Gasteiger partial charge in [0.2, 0.25) is 0 Å². The van der Waals surface area contributed by atoms with Crippen molar-refractivity contribution in [1.29, 1.82) is 0 Å². The second-order valence-corrected chi connectivity index (χ2v) is 7.71. The van der Waals surface area contributed by atoms with Crippen molar-refractivity contribution in [2.45, 2.75) is 0 Å². The predicted octanol–water partition coefficient (Wildman–Crippen LogP) is 8.25. The van der Waals surface area contributed by atoms with Crippen molar-refractivity contribution in [3.63, 3.8) is 0 Å². The molecule has 0 saturated carbocycles. The molecule has 5 rings (SSSR count). The summed E-state index contributed by atoms with van der Waals surface area (Å²) >= 11 is 0. The summed E-state index contributed by atoms with van der Waals surface area (Å²) in [5.41, 5.74) is 2.85. The van der Waals surface area contributed by atoms with Gasteiger partial charge in [-0.05, 0) is 72.8 Å². The molecule has 182 valence electrons. The number of rotatable bonds is 8. The van der Waals surface area contributed by atoms with Crippen LogP contribution in [0.25, 0.3) is 22.6 Å². The van der Waals surface area contributed by atoms with Crippen LogP contribution in [-0.2, 0) is 0 Å². The van der Waals surface area contributed by atoms with Crippen molar-refractivity contribution in [3.8, 4) is 34.1 Å². The van der Waals surface area contributed by atoms with E-state index < -0.39 is 0 Å². The van der Waals surface area contributed by atoms with Crippen LogP contribution in [0.5, 0.6) is 11.5 Å². The summed E-state index contributed by atoms with van der Waals surface area (Å²) in [6.45, 7) is 0. The lowest BCUT2D eigenvalue weighted by atomic mass is 10.1. The number of aromatic nitrogens is 2. The van der Waals surface area contributed by atoms with Gasteiger partial charge in [0.15, 0.2) is 11.6 Å². The fourth-order valence-electron chi connectivity index (χ4n) is 3.51. The van der Waals surface area contributed by atoms with E-state index in [1.165, 1.54) is 0 Å². The first-order valence-electron chi connectivity index (χ1n) is 11.4. The summed E-state index contributed by atoms with van der Waals surface area (Å²) in [4.78, 5) is 8.30. The van der Waals surface area contributed by atoms with E-state index in [2.05, 4.69) is 30.4 Å². The van der Waals surface area contributed by atoms with E-state index in [1.54, 1.807) is 38.7 Å². The van der Waals surface area contributed by atoms with Gasteiger partial charge in [-0.15, -0.1) is 20.5 Å². The number of ether oxygens (including phenoxy) is 2. The number of hydrogen-bond acceptors (Lipinski definition) is 9. The van der Waals surface area contributed by atoms with Gasteiger partial charge in [-0.1, -0.05) is 12.1 Å². The number of pyridine rings is 2. The quantitative estimate of drug-likeness (QED) is 0.204. The standard InChI is InChI=1S/C28H22N6O3/c1-35-25-17-19(9-11-21(25)31-33-27-7-3-5-15-29-27)23-13-14-24(37-23)20-10-12-22(26(18-20)36-2)32-34-28-8-4-6-16-30-28/h3-18H,1-2H3/b33-31+,34-32+. The fraction of sp³-hybridized carbons (Fsp3) is 0.0714. The van der Waals surface area contributed by atoms with E-state index in [4.69, 9.17) is 13.9 Å². The van der Waals surface area contributed by atoms with Crippen LogP contribution in [-0.4, -0.2) is 24.2 Å². The summed E-state index contributed by atoms with van der Waals surface area (Å²) in [5.74, 6) is 3.53. The van der Waals surface area contributed by atoms with Crippen molar-refractivity contribution in [2.75, 3.05) is 14.2 Å². The minimum Gasteiger partial charge on any atom is -0.494 e. The molecule has 0 radical (unpaired) electrons. The monoisotopic (exact) mass is 490 g/mol. The number of azo groups is 2. The number of benzene rings is 2. The van der Waals surface area contributed by atoms with Gasteiger partial charge in [-0.25, -0.2) is 9.97 Å². The predicted molar refractivity (Wildman–Crippen MR) is 140 cm³/mol. The highest BCUT2D eigenvalue weighted by molar-refractivity contribution is 5.71. The van der Waals surface area contributed by atoms with Gasteiger partial charge in [0.1, 0.15) is 34.4 Å². The summed E-state index contributed by atoms with van der Waals surface area (Å²) in [7, 11) is 3.18. The lowest BCUT2D eigenvalue weighted by molar-refractivity contribution is 0.415. The van der Waals surface area contributed by atoms with Crippen LogP contribution in [0.2, 0.25) is 0 Å². The topological polar surface area (TPSA) is 107 Å². The van der Waals surface area contributed by atoms with Crippen LogP contribution < -0.4 is 9.47 Å². The van der Waals surface area contributed by atoms with E-state index in [0.717, 1.165) is 11.1 Å². The molecule has 3 heterocycles. The van der Waals surface area contributed by atoms with Crippen molar-refractivity contribution in [3.05, 3.63) is 97.3 Å². The molecule has 0 aliphatic rings. The first-order chi connectivity index (χ1) is 18.2. The highest BCUT2D eigenvalue weighted by Crippen LogP contribution is 2.38. The highest BCUT2D eigenvalue weighted by atomic mass is 16.5. The highest BCUT2D eigenvalue weighted by Gasteiger charge is 2.12. The number of nitrogens with zero attached hydrogens (tertiary/aromatic N) is 6. The molecule has 0 atom stereocenters. The molecular formula is C28H22N6O3. The third kappa shape index (κ3) is 5.57. The van der Waals surface area contributed by atoms with Gasteiger partial charge < -0.3 is 13.9 Å². The normalized spacial score (nSPS) is 11.3. The lowest BCUT2D eigenvalue weighted by Crippen LogP contribution is -1.85. The molecule has 9 nitrogen and oxygen atoms in total. The maximum atomic E-state index is 6.15. The SMILES string of the molecule is COc1cc(-c2ccc(-c3ccc(/N=N/c4ccccn4)c(OC)c3)o2)ccc1/N=N/c1ccccn1. The Labute approximate surface area is 213 Å². The molecular weight excluding hydrogens is 468 g/mol. The Hall–Kier alpha value is -5.18.